The van der Waals surface area contributed by atoms with E-state index in [1.165, 1.54) is 0 Å². The van der Waals surface area contributed by atoms with Crippen LogP contribution in [0.1, 0.15) is 23.0 Å². The summed E-state index contributed by atoms with van der Waals surface area (Å²) in [4.78, 5) is 24.7. The van der Waals surface area contributed by atoms with Gasteiger partial charge in [-0.3, -0.25) is 9.59 Å². The first-order valence-electron chi connectivity index (χ1n) is 7.63. The maximum atomic E-state index is 12.3. The Morgan fingerprint density at radius 1 is 1.21 bits per heavy atom. The summed E-state index contributed by atoms with van der Waals surface area (Å²) in [6.45, 7) is 1.67. The number of amides is 2. The third kappa shape index (κ3) is 4.82. The number of aromatic nitrogens is 1. The lowest BCUT2D eigenvalue weighted by atomic mass is 10.2. The second kappa shape index (κ2) is 8.12. The van der Waals surface area contributed by atoms with E-state index in [2.05, 4.69) is 10.6 Å². The quantitative estimate of drug-likeness (QED) is 0.699. The molecule has 1 aromatic heterocycles. The van der Waals surface area contributed by atoms with E-state index in [-0.39, 0.29) is 18.1 Å². The molecule has 1 aromatic carbocycles. The summed E-state index contributed by atoms with van der Waals surface area (Å²) in [5, 5.41) is 14.5. The molecule has 2 aromatic rings. The highest BCUT2D eigenvalue weighted by Gasteiger charge is 2.15. The van der Waals surface area contributed by atoms with Crippen LogP contribution in [-0.2, 0) is 11.8 Å². The van der Waals surface area contributed by atoms with Crippen LogP contribution in [0.4, 0.5) is 0 Å². The lowest BCUT2D eigenvalue weighted by molar-refractivity contribution is -0.118. The van der Waals surface area contributed by atoms with Crippen molar-refractivity contribution >= 4 is 17.9 Å². The average Bonchev–Trinajstić information content (AvgIpc) is 2.97. The van der Waals surface area contributed by atoms with Gasteiger partial charge in [0.1, 0.15) is 5.70 Å². The standard InChI is InChI=1S/C18H21N3O3/c1-13(22)12-19-18(24)16(11-15-9-6-10-21(15)2)20-17(23)14-7-4-3-5-8-14/h3-11,13,22H,12H2,1-2H3,(H,19,24)(H,20,23). The fourth-order valence-corrected chi connectivity index (χ4v) is 2.05. The van der Waals surface area contributed by atoms with Crippen molar-refractivity contribution in [1.29, 1.82) is 0 Å². The molecule has 6 nitrogen and oxygen atoms in total. The first-order chi connectivity index (χ1) is 11.5. The lowest BCUT2D eigenvalue weighted by Crippen LogP contribution is -2.37. The number of aliphatic hydroxyl groups is 1. The zero-order valence-corrected chi connectivity index (χ0v) is 13.7. The Labute approximate surface area is 140 Å². The molecule has 0 aliphatic heterocycles. The SMILES string of the molecule is CC(O)CNC(=O)C(=Cc1cccn1C)NC(=O)c1ccccc1. The highest BCUT2D eigenvalue weighted by Crippen LogP contribution is 2.07. The number of aliphatic hydroxyl groups excluding tert-OH is 1. The fourth-order valence-electron chi connectivity index (χ4n) is 2.05. The van der Waals surface area contributed by atoms with Crippen LogP contribution < -0.4 is 10.6 Å². The van der Waals surface area contributed by atoms with Crippen LogP contribution in [0.5, 0.6) is 0 Å². The minimum absolute atomic E-state index is 0.102. The molecule has 0 bridgehead atoms. The molecule has 0 fully saturated rings. The van der Waals surface area contributed by atoms with Gasteiger partial charge in [0.15, 0.2) is 0 Å². The summed E-state index contributed by atoms with van der Waals surface area (Å²) < 4.78 is 1.83. The Bertz CT molecular complexity index is 733. The summed E-state index contributed by atoms with van der Waals surface area (Å²) in [5.41, 5.74) is 1.34. The predicted molar refractivity (Wildman–Crippen MR) is 92.0 cm³/mol. The third-order valence-electron chi connectivity index (χ3n) is 3.36. The van der Waals surface area contributed by atoms with Gasteiger partial charge in [0.05, 0.1) is 6.10 Å². The molecule has 0 spiro atoms. The normalized spacial score (nSPS) is 12.5. The van der Waals surface area contributed by atoms with Crippen LogP contribution in [0.15, 0.2) is 54.4 Å². The number of hydrogen-bond acceptors (Lipinski definition) is 3. The van der Waals surface area contributed by atoms with Crippen LogP contribution in [0, 0.1) is 0 Å². The maximum absolute atomic E-state index is 12.3. The molecule has 1 unspecified atom stereocenters. The van der Waals surface area contributed by atoms with Crippen LogP contribution in [0.2, 0.25) is 0 Å². The van der Waals surface area contributed by atoms with Crippen LogP contribution in [-0.4, -0.2) is 34.1 Å². The largest absolute Gasteiger partial charge is 0.392 e. The maximum Gasteiger partial charge on any atom is 0.267 e. The number of carbonyl (C=O) groups excluding carboxylic acids is 2. The van der Waals surface area contributed by atoms with Crippen molar-refractivity contribution in [2.75, 3.05) is 6.54 Å². The van der Waals surface area contributed by atoms with E-state index in [0.29, 0.717) is 5.56 Å². The average molecular weight is 327 g/mol. The van der Waals surface area contributed by atoms with E-state index in [1.807, 2.05) is 36.0 Å². The molecule has 6 heteroatoms. The zero-order chi connectivity index (χ0) is 17.5. The van der Waals surface area contributed by atoms with Crippen molar-refractivity contribution in [3.8, 4) is 0 Å². The van der Waals surface area contributed by atoms with E-state index in [9.17, 15) is 14.7 Å². The van der Waals surface area contributed by atoms with E-state index in [1.54, 1.807) is 37.3 Å². The van der Waals surface area contributed by atoms with Gasteiger partial charge in [-0.1, -0.05) is 18.2 Å². The molecule has 0 saturated heterocycles. The molecular weight excluding hydrogens is 306 g/mol. The molecule has 1 heterocycles. The summed E-state index contributed by atoms with van der Waals surface area (Å²) in [5.74, 6) is -0.829. The van der Waals surface area contributed by atoms with Gasteiger partial charge in [0.2, 0.25) is 0 Å². The van der Waals surface area contributed by atoms with Crippen molar-refractivity contribution in [1.82, 2.24) is 15.2 Å². The highest BCUT2D eigenvalue weighted by molar-refractivity contribution is 6.05. The number of rotatable bonds is 6. The van der Waals surface area contributed by atoms with Crippen LogP contribution >= 0.6 is 0 Å². The lowest BCUT2D eigenvalue weighted by Gasteiger charge is -2.12. The van der Waals surface area contributed by atoms with Crippen molar-refractivity contribution < 1.29 is 14.7 Å². The molecule has 1 atom stereocenters. The molecule has 3 N–H and O–H groups in total. The Balaban J connectivity index is 2.22. The molecule has 126 valence electrons. The first-order valence-corrected chi connectivity index (χ1v) is 7.63. The van der Waals surface area contributed by atoms with Gasteiger partial charge < -0.3 is 20.3 Å². The third-order valence-corrected chi connectivity index (χ3v) is 3.36. The van der Waals surface area contributed by atoms with E-state index in [4.69, 9.17) is 0 Å². The van der Waals surface area contributed by atoms with Crippen LogP contribution in [0.25, 0.3) is 6.08 Å². The topological polar surface area (TPSA) is 83.4 Å². The molecule has 0 aliphatic rings. The number of nitrogens with one attached hydrogen (secondary N) is 2. The fraction of sp³-hybridized carbons (Fsp3) is 0.222. The van der Waals surface area contributed by atoms with Gasteiger partial charge in [-0.15, -0.1) is 0 Å². The molecule has 0 radical (unpaired) electrons. The second-order valence-electron chi connectivity index (χ2n) is 5.48. The summed E-state index contributed by atoms with van der Waals surface area (Å²) in [7, 11) is 1.84. The number of nitrogens with zero attached hydrogens (tertiary/aromatic N) is 1. The smallest absolute Gasteiger partial charge is 0.267 e. The molecule has 2 amide bonds. The summed E-state index contributed by atoms with van der Waals surface area (Å²) in [6, 6.07) is 12.3. The Morgan fingerprint density at radius 2 is 1.92 bits per heavy atom. The zero-order valence-electron chi connectivity index (χ0n) is 13.7. The Morgan fingerprint density at radius 3 is 2.50 bits per heavy atom. The number of carbonyl (C=O) groups is 2. The first kappa shape index (κ1) is 17.5. The molecule has 2 rings (SSSR count). The second-order valence-corrected chi connectivity index (χ2v) is 5.48. The molecular formula is C18H21N3O3. The van der Waals surface area contributed by atoms with E-state index in [0.717, 1.165) is 5.69 Å². The summed E-state index contributed by atoms with van der Waals surface area (Å²) in [6.07, 6.45) is 2.77. The van der Waals surface area contributed by atoms with Crippen molar-refractivity contribution in [2.45, 2.75) is 13.0 Å². The minimum Gasteiger partial charge on any atom is -0.392 e. The van der Waals surface area contributed by atoms with Crippen molar-refractivity contribution in [3.63, 3.8) is 0 Å². The molecule has 24 heavy (non-hydrogen) atoms. The number of aryl methyl sites for hydroxylation is 1. The van der Waals surface area contributed by atoms with Gasteiger partial charge >= 0.3 is 0 Å². The highest BCUT2D eigenvalue weighted by atomic mass is 16.3. The monoisotopic (exact) mass is 327 g/mol. The number of benzene rings is 1. The van der Waals surface area contributed by atoms with Gasteiger partial charge in [-0.25, -0.2) is 0 Å². The van der Waals surface area contributed by atoms with Crippen molar-refractivity contribution in [3.05, 3.63) is 65.6 Å². The van der Waals surface area contributed by atoms with E-state index >= 15 is 0 Å². The van der Waals surface area contributed by atoms with Gasteiger partial charge in [-0.2, -0.15) is 0 Å². The van der Waals surface area contributed by atoms with E-state index < -0.39 is 12.0 Å². The summed E-state index contributed by atoms with van der Waals surface area (Å²) >= 11 is 0. The van der Waals surface area contributed by atoms with Gasteiger partial charge in [0.25, 0.3) is 11.8 Å². The van der Waals surface area contributed by atoms with Crippen molar-refractivity contribution in [2.24, 2.45) is 7.05 Å². The molecule has 0 saturated carbocycles. The Hall–Kier alpha value is -2.86. The van der Waals surface area contributed by atoms with Gasteiger partial charge in [0, 0.05) is 31.0 Å². The van der Waals surface area contributed by atoms with Gasteiger partial charge in [-0.05, 0) is 37.3 Å². The predicted octanol–water partition coefficient (Wildman–Crippen LogP) is 1.29. The Kier molecular flexibility index (Phi) is 5.92. The van der Waals surface area contributed by atoms with Crippen LogP contribution in [0.3, 0.4) is 0 Å². The molecule has 0 aliphatic carbocycles. The number of hydrogen-bond donors (Lipinski definition) is 3. The minimum atomic E-state index is -0.671.